The van der Waals surface area contributed by atoms with Gasteiger partial charge in [0, 0.05) is 35.2 Å². The second-order valence-electron chi connectivity index (χ2n) is 6.30. The third-order valence-electron chi connectivity index (χ3n) is 4.45. The highest BCUT2D eigenvalue weighted by Crippen LogP contribution is 2.33. The van der Waals surface area contributed by atoms with Crippen LogP contribution in [0.5, 0.6) is 0 Å². The summed E-state index contributed by atoms with van der Waals surface area (Å²) in [5.74, 6) is 0.142. The van der Waals surface area contributed by atoms with Gasteiger partial charge in [0.1, 0.15) is 5.82 Å². The molecule has 0 N–H and O–H groups in total. The minimum Gasteiger partial charge on any atom is -0.334 e. The normalized spacial score (nSPS) is 17.1. The molecule has 1 unspecified atom stereocenters. The first-order chi connectivity index (χ1) is 12.5. The summed E-state index contributed by atoms with van der Waals surface area (Å²) in [7, 11) is 0. The molecule has 5 nitrogen and oxygen atoms in total. The van der Waals surface area contributed by atoms with Crippen LogP contribution in [0.4, 0.5) is 10.1 Å². The molecule has 2 aromatic carbocycles. The van der Waals surface area contributed by atoms with Gasteiger partial charge in [-0.05, 0) is 48.9 Å². The predicted octanol–water partition coefficient (Wildman–Crippen LogP) is 4.36. The number of anilines is 1. The molecule has 0 saturated carbocycles. The molecule has 1 saturated heterocycles. The van der Waals surface area contributed by atoms with Gasteiger partial charge < -0.3 is 9.42 Å². The van der Waals surface area contributed by atoms with Crippen molar-refractivity contribution in [2.75, 3.05) is 11.4 Å². The molecule has 132 valence electrons. The third-order valence-corrected chi connectivity index (χ3v) is 4.69. The second kappa shape index (κ2) is 6.53. The van der Waals surface area contributed by atoms with Crippen molar-refractivity contribution in [2.45, 2.75) is 19.3 Å². The summed E-state index contributed by atoms with van der Waals surface area (Å²) in [4.78, 5) is 18.5. The quantitative estimate of drug-likeness (QED) is 0.686. The smallest absolute Gasteiger partial charge is 0.258 e. The van der Waals surface area contributed by atoms with Crippen molar-refractivity contribution in [2.24, 2.45) is 0 Å². The lowest BCUT2D eigenvalue weighted by Gasteiger charge is -2.18. The molecule has 1 aliphatic heterocycles. The number of aromatic nitrogens is 2. The lowest BCUT2D eigenvalue weighted by atomic mass is 10.1. The van der Waals surface area contributed by atoms with Gasteiger partial charge in [-0.25, -0.2) is 4.39 Å². The minimum absolute atomic E-state index is 0.00229. The van der Waals surface area contributed by atoms with Crippen LogP contribution in [0.3, 0.4) is 0 Å². The van der Waals surface area contributed by atoms with E-state index < -0.39 is 0 Å². The SMILES string of the molecule is Cc1cc(Cl)ccc1N1CC(c2noc(-c3cccc(F)c3)n2)CC1=O. The number of benzene rings is 2. The molecule has 0 spiro atoms. The fourth-order valence-electron chi connectivity index (χ4n) is 3.17. The molecule has 1 atom stereocenters. The molecule has 1 fully saturated rings. The number of hydrogen-bond donors (Lipinski definition) is 0. The van der Waals surface area contributed by atoms with Crippen molar-refractivity contribution in [3.05, 3.63) is 64.7 Å². The topological polar surface area (TPSA) is 59.2 Å². The van der Waals surface area contributed by atoms with Crippen LogP contribution in [-0.2, 0) is 4.79 Å². The molecule has 0 aliphatic carbocycles. The van der Waals surface area contributed by atoms with Gasteiger partial charge in [-0.3, -0.25) is 4.79 Å². The van der Waals surface area contributed by atoms with Gasteiger partial charge in [0.2, 0.25) is 5.91 Å². The number of rotatable bonds is 3. The monoisotopic (exact) mass is 371 g/mol. The van der Waals surface area contributed by atoms with E-state index in [-0.39, 0.29) is 23.5 Å². The van der Waals surface area contributed by atoms with E-state index in [1.54, 1.807) is 23.1 Å². The number of carbonyl (C=O) groups is 1. The Morgan fingerprint density at radius 2 is 2.12 bits per heavy atom. The summed E-state index contributed by atoms with van der Waals surface area (Å²) in [6.45, 7) is 2.38. The van der Waals surface area contributed by atoms with Crippen LogP contribution in [0.1, 0.15) is 23.7 Å². The van der Waals surface area contributed by atoms with E-state index in [2.05, 4.69) is 10.1 Å². The first kappa shape index (κ1) is 16.7. The fraction of sp³-hybridized carbons (Fsp3) is 0.211. The summed E-state index contributed by atoms with van der Waals surface area (Å²) in [6, 6.07) is 11.4. The van der Waals surface area contributed by atoms with E-state index in [1.165, 1.54) is 12.1 Å². The van der Waals surface area contributed by atoms with Gasteiger partial charge in [0.05, 0.1) is 0 Å². The molecule has 2 heterocycles. The Bertz CT molecular complexity index is 988. The number of hydrogen-bond acceptors (Lipinski definition) is 4. The van der Waals surface area contributed by atoms with Crippen molar-refractivity contribution in [1.82, 2.24) is 10.1 Å². The number of halogens is 2. The maximum Gasteiger partial charge on any atom is 0.258 e. The molecular formula is C19H15ClFN3O2. The summed E-state index contributed by atoms with van der Waals surface area (Å²) in [5.41, 5.74) is 2.27. The van der Waals surface area contributed by atoms with Crippen molar-refractivity contribution >= 4 is 23.2 Å². The molecule has 4 rings (SSSR count). The molecule has 3 aromatic rings. The van der Waals surface area contributed by atoms with Crippen LogP contribution < -0.4 is 4.90 Å². The van der Waals surface area contributed by atoms with Crippen molar-refractivity contribution in [1.29, 1.82) is 0 Å². The third kappa shape index (κ3) is 3.08. The highest BCUT2D eigenvalue weighted by molar-refractivity contribution is 6.30. The lowest BCUT2D eigenvalue weighted by molar-refractivity contribution is -0.117. The maximum absolute atomic E-state index is 13.4. The van der Waals surface area contributed by atoms with Crippen molar-refractivity contribution < 1.29 is 13.7 Å². The molecule has 1 aliphatic rings. The van der Waals surface area contributed by atoms with Crippen LogP contribution in [0, 0.1) is 12.7 Å². The predicted molar refractivity (Wildman–Crippen MR) is 95.6 cm³/mol. The Hall–Kier alpha value is -2.73. The Morgan fingerprint density at radius 1 is 1.27 bits per heavy atom. The first-order valence-electron chi connectivity index (χ1n) is 8.17. The molecule has 0 bridgehead atoms. The molecule has 0 radical (unpaired) electrons. The van der Waals surface area contributed by atoms with Gasteiger partial charge in [-0.15, -0.1) is 0 Å². The minimum atomic E-state index is -0.373. The second-order valence-corrected chi connectivity index (χ2v) is 6.74. The van der Waals surface area contributed by atoms with E-state index in [9.17, 15) is 9.18 Å². The van der Waals surface area contributed by atoms with Crippen molar-refractivity contribution in [3.8, 4) is 11.5 Å². The van der Waals surface area contributed by atoms with Gasteiger partial charge in [-0.2, -0.15) is 4.98 Å². The largest absolute Gasteiger partial charge is 0.334 e. The summed E-state index contributed by atoms with van der Waals surface area (Å²) in [5, 5.41) is 4.63. The van der Waals surface area contributed by atoms with Gasteiger partial charge in [0.25, 0.3) is 5.89 Å². The van der Waals surface area contributed by atoms with E-state index in [0.29, 0.717) is 29.4 Å². The van der Waals surface area contributed by atoms with E-state index >= 15 is 0 Å². The number of aryl methyl sites for hydroxylation is 1. The Labute approximate surface area is 154 Å². The van der Waals surface area contributed by atoms with Gasteiger partial charge in [-0.1, -0.05) is 22.8 Å². The molecule has 1 aromatic heterocycles. The van der Waals surface area contributed by atoms with Gasteiger partial charge >= 0.3 is 0 Å². The highest BCUT2D eigenvalue weighted by Gasteiger charge is 2.35. The molecule has 1 amide bonds. The zero-order chi connectivity index (χ0) is 18.3. The van der Waals surface area contributed by atoms with Crippen LogP contribution in [-0.4, -0.2) is 22.6 Å². The average Bonchev–Trinajstić information content (AvgIpc) is 3.22. The highest BCUT2D eigenvalue weighted by atomic mass is 35.5. The number of nitrogens with zero attached hydrogens (tertiary/aromatic N) is 3. The van der Waals surface area contributed by atoms with Gasteiger partial charge in [0.15, 0.2) is 5.82 Å². The fourth-order valence-corrected chi connectivity index (χ4v) is 3.40. The van der Waals surface area contributed by atoms with Crippen LogP contribution in [0.25, 0.3) is 11.5 Å². The molecule has 7 heteroatoms. The van der Waals surface area contributed by atoms with E-state index in [4.69, 9.17) is 16.1 Å². The zero-order valence-electron chi connectivity index (χ0n) is 13.9. The average molecular weight is 372 g/mol. The molecule has 26 heavy (non-hydrogen) atoms. The van der Waals surface area contributed by atoms with E-state index in [0.717, 1.165) is 11.3 Å². The Balaban J connectivity index is 1.58. The van der Waals surface area contributed by atoms with Crippen LogP contribution in [0.2, 0.25) is 5.02 Å². The summed E-state index contributed by atoms with van der Waals surface area (Å²) in [6.07, 6.45) is 0.296. The number of amides is 1. The summed E-state index contributed by atoms with van der Waals surface area (Å²) < 4.78 is 18.6. The van der Waals surface area contributed by atoms with E-state index in [1.807, 2.05) is 19.1 Å². The standard InChI is InChI=1S/C19H15ClFN3O2/c1-11-7-14(20)5-6-16(11)24-10-13(9-17(24)25)18-22-19(26-23-18)12-3-2-4-15(21)8-12/h2-8,13H,9-10H2,1H3. The Kier molecular flexibility index (Phi) is 4.20. The first-order valence-corrected chi connectivity index (χ1v) is 8.55. The Morgan fingerprint density at radius 3 is 2.88 bits per heavy atom. The number of carbonyl (C=O) groups excluding carboxylic acids is 1. The molecular weight excluding hydrogens is 357 g/mol. The van der Waals surface area contributed by atoms with Crippen LogP contribution in [0.15, 0.2) is 47.0 Å². The van der Waals surface area contributed by atoms with Crippen LogP contribution >= 0.6 is 11.6 Å². The van der Waals surface area contributed by atoms with Crippen molar-refractivity contribution in [3.63, 3.8) is 0 Å². The maximum atomic E-state index is 13.4. The summed E-state index contributed by atoms with van der Waals surface area (Å²) >= 11 is 5.99. The lowest BCUT2D eigenvalue weighted by Crippen LogP contribution is -2.25. The zero-order valence-corrected chi connectivity index (χ0v) is 14.7.